The molecule has 2 heterocycles. The third-order valence-electron chi connectivity index (χ3n) is 5.35. The van der Waals surface area contributed by atoms with Crippen LogP contribution in [-0.2, 0) is 0 Å². The minimum Gasteiger partial charge on any atom is -0.440 e. The number of fused-ring (bicyclic) bond motifs is 1. The van der Waals surface area contributed by atoms with Gasteiger partial charge in [0.25, 0.3) is 5.91 Å². The standard InChI is InChI=1S/C22H22ClN5O2/c1-14-6-7-15(21-26-19-12-16(23)8-9-20(19)30-21)13-28(14)22(29)17-4-2-3-5-18(17)27-25-11-10-24/h2-5,8-12,14-15,24,27H,6-7,13H2,1H3/b24-10?,25-11-/t14-,15?/m1/s1. The minimum absolute atomic E-state index is 0.0207. The number of para-hydroxylation sites is 1. The van der Waals surface area contributed by atoms with Gasteiger partial charge < -0.3 is 14.7 Å². The summed E-state index contributed by atoms with van der Waals surface area (Å²) in [5.74, 6) is 0.589. The van der Waals surface area contributed by atoms with Crippen LogP contribution in [0.1, 0.15) is 41.9 Å². The highest BCUT2D eigenvalue weighted by Gasteiger charge is 2.33. The van der Waals surface area contributed by atoms with Gasteiger partial charge in [0, 0.05) is 23.8 Å². The van der Waals surface area contributed by atoms with Crippen LogP contribution in [0.15, 0.2) is 52.0 Å². The third kappa shape index (κ3) is 4.07. The predicted octanol–water partition coefficient (Wildman–Crippen LogP) is 4.94. The first-order chi connectivity index (χ1) is 14.6. The number of hydrogen-bond donors (Lipinski definition) is 2. The third-order valence-corrected chi connectivity index (χ3v) is 5.58. The van der Waals surface area contributed by atoms with E-state index in [0.717, 1.165) is 24.6 Å². The van der Waals surface area contributed by atoms with Crippen LogP contribution in [0.5, 0.6) is 0 Å². The fraction of sp³-hybridized carbons (Fsp3) is 0.273. The molecule has 0 saturated carbocycles. The van der Waals surface area contributed by atoms with Gasteiger partial charge in [0.2, 0.25) is 0 Å². The largest absolute Gasteiger partial charge is 0.440 e. The summed E-state index contributed by atoms with van der Waals surface area (Å²) < 4.78 is 5.96. The number of nitrogens with one attached hydrogen (secondary N) is 2. The van der Waals surface area contributed by atoms with E-state index in [0.29, 0.717) is 34.3 Å². The highest BCUT2D eigenvalue weighted by atomic mass is 35.5. The van der Waals surface area contributed by atoms with Gasteiger partial charge in [0.1, 0.15) is 5.52 Å². The van der Waals surface area contributed by atoms with Gasteiger partial charge in [-0.1, -0.05) is 23.7 Å². The zero-order valence-corrected chi connectivity index (χ0v) is 17.3. The normalized spacial score (nSPS) is 19.3. The summed E-state index contributed by atoms with van der Waals surface area (Å²) in [6, 6.07) is 12.7. The summed E-state index contributed by atoms with van der Waals surface area (Å²) in [5.41, 5.74) is 5.41. The number of hydrazone groups is 1. The molecule has 0 bridgehead atoms. The predicted molar refractivity (Wildman–Crippen MR) is 119 cm³/mol. The maximum absolute atomic E-state index is 13.4. The topological polar surface area (TPSA) is 94.6 Å². The number of piperidine rings is 1. The zero-order valence-electron chi connectivity index (χ0n) is 16.5. The Bertz CT molecular complexity index is 1110. The Labute approximate surface area is 179 Å². The van der Waals surface area contributed by atoms with Crippen LogP contribution in [0.25, 0.3) is 11.1 Å². The molecule has 7 nitrogen and oxygen atoms in total. The van der Waals surface area contributed by atoms with E-state index in [1.807, 2.05) is 23.1 Å². The second-order valence-corrected chi connectivity index (χ2v) is 7.78. The molecule has 1 amide bonds. The molecule has 30 heavy (non-hydrogen) atoms. The zero-order chi connectivity index (χ0) is 21.1. The molecule has 2 aromatic carbocycles. The molecule has 0 spiro atoms. The SMILES string of the molecule is C[C@@H]1CCC(c2nc3cc(Cl)ccc3o2)CN1C(=O)c1ccccc1N/N=C\C=N. The fourth-order valence-corrected chi connectivity index (χ4v) is 3.92. The number of amides is 1. The van der Waals surface area contributed by atoms with Crippen molar-refractivity contribution in [3.8, 4) is 0 Å². The number of anilines is 1. The average Bonchev–Trinajstić information content (AvgIpc) is 3.17. The van der Waals surface area contributed by atoms with Crippen LogP contribution in [0.3, 0.4) is 0 Å². The summed E-state index contributed by atoms with van der Waals surface area (Å²) in [4.78, 5) is 19.9. The number of hydrogen-bond acceptors (Lipinski definition) is 6. The Morgan fingerprint density at radius 2 is 2.17 bits per heavy atom. The smallest absolute Gasteiger partial charge is 0.256 e. The Balaban J connectivity index is 1.58. The second-order valence-electron chi connectivity index (χ2n) is 7.35. The van der Waals surface area contributed by atoms with Crippen molar-refractivity contribution in [3.05, 3.63) is 58.9 Å². The van der Waals surface area contributed by atoms with E-state index in [-0.39, 0.29) is 17.9 Å². The molecule has 154 valence electrons. The quantitative estimate of drug-likeness (QED) is 0.449. The van der Waals surface area contributed by atoms with E-state index in [1.54, 1.807) is 24.3 Å². The molecule has 0 aliphatic carbocycles. The summed E-state index contributed by atoms with van der Waals surface area (Å²) in [6.45, 7) is 2.59. The summed E-state index contributed by atoms with van der Waals surface area (Å²) >= 11 is 6.06. The van der Waals surface area contributed by atoms with Crippen LogP contribution in [0, 0.1) is 5.41 Å². The van der Waals surface area contributed by atoms with Gasteiger partial charge in [-0.25, -0.2) is 4.98 Å². The number of aromatic nitrogens is 1. The van der Waals surface area contributed by atoms with E-state index in [1.165, 1.54) is 6.21 Å². The van der Waals surface area contributed by atoms with Crippen molar-refractivity contribution in [1.29, 1.82) is 5.41 Å². The van der Waals surface area contributed by atoms with E-state index < -0.39 is 0 Å². The van der Waals surface area contributed by atoms with Gasteiger partial charge in [-0.2, -0.15) is 5.10 Å². The van der Waals surface area contributed by atoms with Gasteiger partial charge in [-0.3, -0.25) is 10.2 Å². The molecule has 8 heteroatoms. The van der Waals surface area contributed by atoms with Crippen LogP contribution in [0.4, 0.5) is 5.69 Å². The molecule has 1 unspecified atom stereocenters. The fourth-order valence-electron chi connectivity index (χ4n) is 3.75. The van der Waals surface area contributed by atoms with Crippen LogP contribution in [-0.4, -0.2) is 40.8 Å². The molecular weight excluding hydrogens is 402 g/mol. The number of halogens is 1. The first-order valence-electron chi connectivity index (χ1n) is 9.81. The van der Waals surface area contributed by atoms with Gasteiger partial charge in [0.15, 0.2) is 11.5 Å². The van der Waals surface area contributed by atoms with Gasteiger partial charge >= 0.3 is 0 Å². The van der Waals surface area contributed by atoms with Crippen molar-refractivity contribution in [3.63, 3.8) is 0 Å². The number of rotatable bonds is 5. The Morgan fingerprint density at radius 3 is 3.00 bits per heavy atom. The van der Waals surface area contributed by atoms with Crippen molar-refractivity contribution < 1.29 is 9.21 Å². The highest BCUT2D eigenvalue weighted by molar-refractivity contribution is 6.31. The number of carbonyl (C=O) groups is 1. The number of oxazole rings is 1. The lowest BCUT2D eigenvalue weighted by Crippen LogP contribution is -2.45. The van der Waals surface area contributed by atoms with E-state index in [9.17, 15) is 4.79 Å². The van der Waals surface area contributed by atoms with Crippen molar-refractivity contribution in [2.24, 2.45) is 5.10 Å². The Kier molecular flexibility index (Phi) is 5.81. The van der Waals surface area contributed by atoms with Gasteiger partial charge in [-0.05, 0) is 50.1 Å². The molecule has 1 saturated heterocycles. The Hall–Kier alpha value is -3.19. The van der Waals surface area contributed by atoms with Crippen molar-refractivity contribution in [2.45, 2.75) is 31.7 Å². The maximum Gasteiger partial charge on any atom is 0.256 e. The van der Waals surface area contributed by atoms with E-state index in [4.69, 9.17) is 21.4 Å². The van der Waals surface area contributed by atoms with Gasteiger partial charge in [-0.15, -0.1) is 0 Å². The molecule has 2 N–H and O–H groups in total. The summed E-state index contributed by atoms with van der Waals surface area (Å²) in [5, 5.41) is 11.6. The lowest BCUT2D eigenvalue weighted by atomic mass is 9.92. The highest BCUT2D eigenvalue weighted by Crippen LogP contribution is 2.33. The maximum atomic E-state index is 13.4. The molecule has 3 aromatic rings. The second kappa shape index (κ2) is 8.67. The van der Waals surface area contributed by atoms with E-state index >= 15 is 0 Å². The van der Waals surface area contributed by atoms with Crippen LogP contribution >= 0.6 is 11.6 Å². The van der Waals surface area contributed by atoms with Crippen molar-refractivity contribution >= 4 is 46.7 Å². The minimum atomic E-state index is -0.0699. The molecule has 1 aliphatic rings. The molecular formula is C22H22ClN5O2. The van der Waals surface area contributed by atoms with Crippen LogP contribution < -0.4 is 5.43 Å². The van der Waals surface area contributed by atoms with Crippen LogP contribution in [0.2, 0.25) is 5.02 Å². The Morgan fingerprint density at radius 1 is 1.33 bits per heavy atom. The molecule has 4 rings (SSSR count). The molecule has 1 fully saturated rings. The number of nitrogens with zero attached hydrogens (tertiary/aromatic N) is 3. The number of benzene rings is 2. The average molecular weight is 424 g/mol. The van der Waals surface area contributed by atoms with E-state index in [2.05, 4.69) is 22.4 Å². The molecule has 1 aliphatic heterocycles. The van der Waals surface area contributed by atoms with Crippen molar-refractivity contribution in [2.75, 3.05) is 12.0 Å². The first kappa shape index (κ1) is 20.1. The summed E-state index contributed by atoms with van der Waals surface area (Å²) in [6.07, 6.45) is 4.15. The first-order valence-corrected chi connectivity index (χ1v) is 10.2. The van der Waals surface area contributed by atoms with Gasteiger partial charge in [0.05, 0.1) is 23.4 Å². The molecule has 2 atom stereocenters. The summed E-state index contributed by atoms with van der Waals surface area (Å²) in [7, 11) is 0. The lowest BCUT2D eigenvalue weighted by molar-refractivity contribution is 0.0599. The lowest BCUT2D eigenvalue weighted by Gasteiger charge is -2.37. The molecule has 0 radical (unpaired) electrons. The monoisotopic (exact) mass is 423 g/mol. The molecule has 1 aromatic heterocycles. The van der Waals surface area contributed by atoms with Crippen molar-refractivity contribution in [1.82, 2.24) is 9.88 Å². The number of likely N-dealkylation sites (tertiary alicyclic amines) is 1. The number of carbonyl (C=O) groups excluding carboxylic acids is 1.